The maximum absolute atomic E-state index is 12.2. The molecule has 3 unspecified atom stereocenters. The summed E-state index contributed by atoms with van der Waals surface area (Å²) in [6.07, 6.45) is 2.88. The number of hydrogen-bond donors (Lipinski definition) is 1. The number of benzene rings is 1. The third-order valence-electron chi connectivity index (χ3n) is 4.08. The first-order valence-electron chi connectivity index (χ1n) is 7.98. The van der Waals surface area contributed by atoms with Gasteiger partial charge >= 0.3 is 0 Å². The third kappa shape index (κ3) is 5.54. The number of aliphatic imine (C=N–C) groups is 1. The van der Waals surface area contributed by atoms with Gasteiger partial charge in [-0.15, -0.1) is 0 Å². The molecule has 0 saturated carbocycles. The van der Waals surface area contributed by atoms with Crippen LogP contribution >= 0.6 is 24.4 Å². The van der Waals surface area contributed by atoms with Gasteiger partial charge in [-0.1, -0.05) is 24.4 Å². The zero-order valence-corrected chi connectivity index (χ0v) is 20.0. The van der Waals surface area contributed by atoms with E-state index in [4.69, 9.17) is 0 Å². The van der Waals surface area contributed by atoms with E-state index in [1.165, 1.54) is 29.2 Å². The molecule has 1 amide bonds. The van der Waals surface area contributed by atoms with Crippen molar-refractivity contribution in [3.63, 3.8) is 0 Å². The molecule has 0 aliphatic carbocycles. The Morgan fingerprint density at radius 3 is 1.90 bits per heavy atom. The second-order valence-electron chi connectivity index (χ2n) is 6.60. The normalized spacial score (nSPS) is 21.5. The number of anilines is 1. The van der Waals surface area contributed by atoms with E-state index in [9.17, 15) is 30.0 Å². The summed E-state index contributed by atoms with van der Waals surface area (Å²) in [7, 11) is -11.0. The van der Waals surface area contributed by atoms with Crippen molar-refractivity contribution in [2.24, 2.45) is 4.99 Å². The quantitative estimate of drug-likeness (QED) is 0.576. The molecule has 0 aromatic heterocycles. The van der Waals surface area contributed by atoms with Crippen LogP contribution in [-0.2, 0) is 29.5 Å². The molecule has 1 aliphatic rings. The highest BCUT2D eigenvalue weighted by Gasteiger charge is 2.45. The molecular weight excluding hydrogens is 481 g/mol. The summed E-state index contributed by atoms with van der Waals surface area (Å²) in [5, 5.41) is -2.04. The minimum atomic E-state index is -3.81. The fourth-order valence-electron chi connectivity index (χ4n) is 2.66. The number of sulfone groups is 3. The zero-order valence-electron chi connectivity index (χ0n) is 15.9. The lowest BCUT2D eigenvalue weighted by Crippen LogP contribution is -2.39. The maximum Gasteiger partial charge on any atom is 0.283 e. The first-order chi connectivity index (χ1) is 13.0. The predicted octanol–water partition coefficient (Wildman–Crippen LogP) is 1.22. The maximum atomic E-state index is 12.2. The first-order valence-corrected chi connectivity index (χ1v) is 15.1. The fraction of sp³-hybridized carbons (Fsp3) is 0.467. The fourth-order valence-corrected chi connectivity index (χ4v) is 8.71. The van der Waals surface area contributed by atoms with Crippen molar-refractivity contribution in [1.82, 2.24) is 0 Å². The summed E-state index contributed by atoms with van der Waals surface area (Å²) < 4.78 is 70.1. The molecule has 9 nitrogen and oxygen atoms in total. The molecule has 162 valence electrons. The highest BCUT2D eigenvalue weighted by Crippen LogP contribution is 2.36. The van der Waals surface area contributed by atoms with Gasteiger partial charge in [0.1, 0.15) is 4.58 Å². The number of thioether (sulfide) groups is 1. The van der Waals surface area contributed by atoms with Gasteiger partial charge in [0.15, 0.2) is 34.9 Å². The van der Waals surface area contributed by atoms with Crippen LogP contribution in [0.1, 0.15) is 6.92 Å². The largest absolute Gasteiger partial charge is 0.294 e. The Hall–Kier alpha value is -1.09. The zero-order chi connectivity index (χ0) is 22.4. The third-order valence-corrected chi connectivity index (χ3v) is 10.6. The molecule has 0 N–H and O–H groups in total. The molecule has 0 spiro atoms. The van der Waals surface area contributed by atoms with Crippen molar-refractivity contribution in [3.05, 3.63) is 24.3 Å². The van der Waals surface area contributed by atoms with E-state index in [0.717, 1.165) is 30.5 Å². The Bertz CT molecular complexity index is 1160. The molecule has 0 bridgehead atoms. The average Bonchev–Trinajstić information content (AvgIpc) is 3.00. The van der Waals surface area contributed by atoms with Gasteiger partial charge in [-0.2, -0.15) is 0 Å². The Morgan fingerprint density at radius 1 is 1.03 bits per heavy atom. The smallest absolute Gasteiger partial charge is 0.283 e. The Labute approximate surface area is 180 Å². The number of carbonyl (C=O) groups is 1. The van der Waals surface area contributed by atoms with Gasteiger partial charge in [0.25, 0.3) is 5.24 Å². The van der Waals surface area contributed by atoms with Crippen LogP contribution in [0.3, 0.4) is 0 Å². The highest BCUT2D eigenvalue weighted by molar-refractivity contribution is 8.24. The van der Waals surface area contributed by atoms with Crippen LogP contribution < -0.4 is 4.90 Å². The van der Waals surface area contributed by atoms with Crippen LogP contribution in [0.2, 0.25) is 0 Å². The van der Waals surface area contributed by atoms with Gasteiger partial charge in [-0.25, -0.2) is 25.3 Å². The Balaban J connectivity index is 2.46. The van der Waals surface area contributed by atoms with E-state index in [-0.39, 0.29) is 9.94 Å². The topological polar surface area (TPSA) is 135 Å². The summed E-state index contributed by atoms with van der Waals surface area (Å²) in [6.45, 7) is 1.55. The van der Waals surface area contributed by atoms with Crippen LogP contribution in [0.25, 0.3) is 0 Å². The van der Waals surface area contributed by atoms with Crippen molar-refractivity contribution in [2.75, 3.05) is 23.7 Å². The molecule has 14 heteroatoms. The van der Waals surface area contributed by atoms with E-state index in [0.29, 0.717) is 5.69 Å². The van der Waals surface area contributed by atoms with E-state index < -0.39 is 50.7 Å². The van der Waals surface area contributed by atoms with Gasteiger partial charge in [-0.3, -0.25) is 14.7 Å². The lowest BCUT2D eigenvalue weighted by Gasteiger charge is -2.27. The molecule has 1 aromatic rings. The van der Waals surface area contributed by atoms with Gasteiger partial charge in [0.05, 0.1) is 16.0 Å². The molecule has 0 fully saturated rings. The molecule has 1 aromatic carbocycles. The molecule has 0 radical (unpaired) electrons. The van der Waals surface area contributed by atoms with Crippen LogP contribution in [0.5, 0.6) is 0 Å². The van der Waals surface area contributed by atoms with E-state index >= 15 is 0 Å². The summed E-state index contributed by atoms with van der Waals surface area (Å²) in [5.41, 5.74) is 0.298. The molecular formula is C15H20N2O7S5. The lowest BCUT2D eigenvalue weighted by molar-refractivity contribution is 0.265. The second kappa shape index (κ2) is 8.21. The summed E-state index contributed by atoms with van der Waals surface area (Å²) in [6, 6.07) is 4.63. The van der Waals surface area contributed by atoms with E-state index in [2.05, 4.69) is 17.6 Å². The first kappa shape index (κ1) is 24.2. The van der Waals surface area contributed by atoms with Crippen molar-refractivity contribution < 1.29 is 30.0 Å². The monoisotopic (exact) mass is 500 g/mol. The van der Waals surface area contributed by atoms with Gasteiger partial charge < -0.3 is 0 Å². The molecule has 1 heterocycles. The van der Waals surface area contributed by atoms with Crippen LogP contribution in [-0.4, -0.2) is 70.3 Å². The van der Waals surface area contributed by atoms with Gasteiger partial charge in [0, 0.05) is 24.5 Å². The van der Waals surface area contributed by atoms with Crippen molar-refractivity contribution >= 4 is 69.9 Å². The number of hydrogen-bond acceptors (Lipinski definition) is 9. The average molecular weight is 501 g/mol. The minimum absolute atomic E-state index is 0.0577. The second-order valence-corrected chi connectivity index (χ2v) is 14.8. The minimum Gasteiger partial charge on any atom is -0.294 e. The van der Waals surface area contributed by atoms with E-state index in [1.807, 2.05) is 0 Å². The van der Waals surface area contributed by atoms with Crippen molar-refractivity contribution in [2.45, 2.75) is 27.8 Å². The van der Waals surface area contributed by atoms with Gasteiger partial charge in [-0.05, 0) is 31.2 Å². The highest BCUT2D eigenvalue weighted by atomic mass is 32.3. The Kier molecular flexibility index (Phi) is 6.85. The SMILES string of the molecule is CC(C1=NC(S(C)(=O)=O)C(S(C)(=O)=O)S1)N(C(=O)S)c1ccc(S(C)(=O)=O)cc1. The summed E-state index contributed by atoms with van der Waals surface area (Å²) >= 11 is 4.61. The molecule has 1 aliphatic heterocycles. The molecule has 3 atom stereocenters. The van der Waals surface area contributed by atoms with Crippen LogP contribution in [0, 0.1) is 0 Å². The van der Waals surface area contributed by atoms with E-state index in [1.54, 1.807) is 6.92 Å². The van der Waals surface area contributed by atoms with Crippen LogP contribution in [0.15, 0.2) is 34.2 Å². The summed E-state index contributed by atoms with van der Waals surface area (Å²) in [5.74, 6) is 0. The predicted molar refractivity (Wildman–Crippen MR) is 118 cm³/mol. The number of thiol groups is 1. The number of carbonyl (C=O) groups excluding carboxylic acids is 1. The standard InChI is InChI=1S/C15H20N2O7S5/c1-9(12-16-13(28(3,21)22)14(26-12)29(4,23)24)17(15(18)25)10-5-7-11(8-6-10)27(2,19)20/h5-9,13-14H,1-4H3,(H,18,25). The number of nitrogens with zero attached hydrogens (tertiary/aromatic N) is 2. The van der Waals surface area contributed by atoms with Crippen molar-refractivity contribution in [1.29, 1.82) is 0 Å². The molecule has 0 saturated heterocycles. The van der Waals surface area contributed by atoms with Gasteiger partial charge in [0.2, 0.25) is 0 Å². The lowest BCUT2D eigenvalue weighted by atomic mass is 10.2. The number of rotatable bonds is 6. The Morgan fingerprint density at radius 2 is 1.55 bits per heavy atom. The molecule has 29 heavy (non-hydrogen) atoms. The summed E-state index contributed by atoms with van der Waals surface area (Å²) in [4.78, 5) is 17.5. The van der Waals surface area contributed by atoms with Crippen LogP contribution in [0.4, 0.5) is 10.5 Å². The molecule has 2 rings (SSSR count). The van der Waals surface area contributed by atoms with Crippen molar-refractivity contribution in [3.8, 4) is 0 Å². The number of amides is 1.